The molecular weight excluding hydrogens is 428 g/mol. The molecule has 0 radical (unpaired) electrons. The average Bonchev–Trinajstić information content (AvgIpc) is 2.70. The standard InChI is InChI=1S/C19H13BrN4O4/c20-14-6-9-17(21-11-14)23-19(26)13-2-1-3-15(10-13)22-18(25)12-4-7-16(8-5-12)24(27)28/h1-11H,(H,22,25)(H,21,23,26). The Bertz CT molecular complexity index is 1040. The number of nitro benzene ring substituents is 1. The number of non-ortho nitro benzene ring substituents is 1. The summed E-state index contributed by atoms with van der Waals surface area (Å²) in [4.78, 5) is 38.9. The summed E-state index contributed by atoms with van der Waals surface area (Å²) in [5.41, 5.74) is 0.919. The topological polar surface area (TPSA) is 114 Å². The van der Waals surface area contributed by atoms with Crippen LogP contribution in [0.25, 0.3) is 0 Å². The van der Waals surface area contributed by atoms with Crippen molar-refractivity contribution in [2.45, 2.75) is 0 Å². The molecule has 0 saturated carbocycles. The number of nitrogens with one attached hydrogen (secondary N) is 2. The van der Waals surface area contributed by atoms with Crippen molar-refractivity contribution in [1.82, 2.24) is 4.98 Å². The molecule has 1 heterocycles. The average molecular weight is 441 g/mol. The molecule has 1 aromatic heterocycles. The van der Waals surface area contributed by atoms with Crippen molar-refractivity contribution < 1.29 is 14.5 Å². The maximum atomic E-state index is 12.4. The molecule has 9 heteroatoms. The first-order valence-corrected chi connectivity index (χ1v) is 8.80. The van der Waals surface area contributed by atoms with Gasteiger partial charge >= 0.3 is 0 Å². The van der Waals surface area contributed by atoms with Gasteiger partial charge in [-0.2, -0.15) is 0 Å². The molecule has 3 rings (SSSR count). The highest BCUT2D eigenvalue weighted by Crippen LogP contribution is 2.17. The minimum atomic E-state index is -0.538. The quantitative estimate of drug-likeness (QED) is 0.454. The number of halogens is 1. The predicted molar refractivity (Wildman–Crippen MR) is 107 cm³/mol. The Kier molecular flexibility index (Phi) is 5.75. The number of pyridine rings is 1. The highest BCUT2D eigenvalue weighted by Gasteiger charge is 2.12. The van der Waals surface area contributed by atoms with Gasteiger partial charge in [0.25, 0.3) is 17.5 Å². The number of nitro groups is 1. The Labute approximate surface area is 167 Å². The number of rotatable bonds is 5. The molecule has 140 valence electrons. The van der Waals surface area contributed by atoms with Crippen LogP contribution >= 0.6 is 15.9 Å². The van der Waals surface area contributed by atoms with E-state index in [1.54, 1.807) is 36.5 Å². The van der Waals surface area contributed by atoms with Crippen LogP contribution in [0.5, 0.6) is 0 Å². The first-order chi connectivity index (χ1) is 13.4. The number of aromatic nitrogens is 1. The van der Waals surface area contributed by atoms with Crippen molar-refractivity contribution in [1.29, 1.82) is 0 Å². The van der Waals surface area contributed by atoms with Crippen LogP contribution in [0.2, 0.25) is 0 Å². The van der Waals surface area contributed by atoms with Gasteiger partial charge in [-0.1, -0.05) is 6.07 Å². The Hall–Kier alpha value is -3.59. The molecule has 2 N–H and O–H groups in total. The zero-order valence-electron chi connectivity index (χ0n) is 14.3. The molecule has 0 spiro atoms. The minimum absolute atomic E-state index is 0.100. The van der Waals surface area contributed by atoms with Gasteiger partial charge in [0, 0.05) is 39.6 Å². The molecule has 0 unspecified atom stereocenters. The lowest BCUT2D eigenvalue weighted by Gasteiger charge is -2.08. The summed E-state index contributed by atoms with van der Waals surface area (Å²) >= 11 is 3.27. The van der Waals surface area contributed by atoms with E-state index in [2.05, 4.69) is 31.5 Å². The molecule has 3 aromatic rings. The zero-order chi connectivity index (χ0) is 20.1. The third kappa shape index (κ3) is 4.77. The number of amides is 2. The predicted octanol–water partition coefficient (Wildman–Crippen LogP) is 4.26. The van der Waals surface area contributed by atoms with Gasteiger partial charge in [-0.15, -0.1) is 0 Å². The third-order valence-corrected chi connectivity index (χ3v) is 4.16. The van der Waals surface area contributed by atoms with Gasteiger partial charge in [0.05, 0.1) is 4.92 Å². The summed E-state index contributed by atoms with van der Waals surface area (Å²) in [6.45, 7) is 0. The second-order valence-electron chi connectivity index (χ2n) is 5.65. The van der Waals surface area contributed by atoms with E-state index in [1.807, 2.05) is 0 Å². The van der Waals surface area contributed by atoms with Gasteiger partial charge in [-0.3, -0.25) is 19.7 Å². The molecule has 0 saturated heterocycles. The molecule has 8 nitrogen and oxygen atoms in total. The smallest absolute Gasteiger partial charge is 0.269 e. The fourth-order valence-electron chi connectivity index (χ4n) is 2.31. The van der Waals surface area contributed by atoms with E-state index in [4.69, 9.17) is 0 Å². The maximum absolute atomic E-state index is 12.4. The zero-order valence-corrected chi connectivity index (χ0v) is 15.8. The second-order valence-corrected chi connectivity index (χ2v) is 6.57. The largest absolute Gasteiger partial charge is 0.322 e. The van der Waals surface area contributed by atoms with Crippen LogP contribution in [0.15, 0.2) is 71.3 Å². The molecule has 2 amide bonds. The molecule has 2 aromatic carbocycles. The Morgan fingerprint density at radius 2 is 1.64 bits per heavy atom. The van der Waals surface area contributed by atoms with Crippen LogP contribution in [-0.4, -0.2) is 21.7 Å². The molecule has 28 heavy (non-hydrogen) atoms. The molecule has 0 aliphatic carbocycles. The molecule has 0 aliphatic heterocycles. The number of carbonyl (C=O) groups excluding carboxylic acids is 2. The number of nitrogens with zero attached hydrogens (tertiary/aromatic N) is 2. The first kappa shape index (κ1) is 19.2. The van der Waals surface area contributed by atoms with E-state index in [-0.39, 0.29) is 17.2 Å². The van der Waals surface area contributed by atoms with Crippen LogP contribution in [0.4, 0.5) is 17.2 Å². The molecule has 0 fully saturated rings. The number of hydrogen-bond acceptors (Lipinski definition) is 5. The van der Waals surface area contributed by atoms with E-state index in [9.17, 15) is 19.7 Å². The summed E-state index contributed by atoms with van der Waals surface area (Å²) < 4.78 is 0.793. The molecular formula is C19H13BrN4O4. The number of hydrogen-bond donors (Lipinski definition) is 2. The fourth-order valence-corrected chi connectivity index (χ4v) is 2.55. The van der Waals surface area contributed by atoms with E-state index < -0.39 is 10.8 Å². The third-order valence-electron chi connectivity index (χ3n) is 3.69. The normalized spacial score (nSPS) is 10.2. The number of anilines is 2. The molecule has 0 bridgehead atoms. The minimum Gasteiger partial charge on any atom is -0.322 e. The van der Waals surface area contributed by atoms with Crippen LogP contribution in [0, 0.1) is 10.1 Å². The van der Waals surface area contributed by atoms with Crippen molar-refractivity contribution >= 4 is 44.9 Å². The Morgan fingerprint density at radius 3 is 2.29 bits per heavy atom. The SMILES string of the molecule is O=C(Nc1cccc(C(=O)Nc2ccc(Br)cn2)c1)c1ccc([N+](=O)[O-])cc1. The summed E-state index contributed by atoms with van der Waals surface area (Å²) in [5.74, 6) is -0.420. The van der Waals surface area contributed by atoms with Crippen LogP contribution < -0.4 is 10.6 Å². The van der Waals surface area contributed by atoms with Gasteiger partial charge in [-0.25, -0.2) is 4.98 Å². The van der Waals surface area contributed by atoms with Crippen molar-refractivity contribution in [2.75, 3.05) is 10.6 Å². The summed E-state index contributed by atoms with van der Waals surface area (Å²) in [6, 6.07) is 15.0. The van der Waals surface area contributed by atoms with Crippen molar-refractivity contribution in [3.05, 3.63) is 92.6 Å². The Morgan fingerprint density at radius 1 is 0.929 bits per heavy atom. The number of carbonyl (C=O) groups is 2. The summed E-state index contributed by atoms with van der Waals surface area (Å²) in [7, 11) is 0. The van der Waals surface area contributed by atoms with Crippen molar-refractivity contribution in [3.63, 3.8) is 0 Å². The molecule has 0 atom stereocenters. The highest BCUT2D eigenvalue weighted by atomic mass is 79.9. The highest BCUT2D eigenvalue weighted by molar-refractivity contribution is 9.10. The van der Waals surface area contributed by atoms with E-state index in [0.717, 1.165) is 4.47 Å². The fraction of sp³-hybridized carbons (Fsp3) is 0. The number of benzene rings is 2. The maximum Gasteiger partial charge on any atom is 0.269 e. The summed E-state index contributed by atoms with van der Waals surface area (Å²) in [5, 5.41) is 16.0. The lowest BCUT2D eigenvalue weighted by Crippen LogP contribution is -2.15. The van der Waals surface area contributed by atoms with Gasteiger partial charge < -0.3 is 10.6 Å². The van der Waals surface area contributed by atoms with Gasteiger partial charge in [0.2, 0.25) is 0 Å². The van der Waals surface area contributed by atoms with Gasteiger partial charge in [0.15, 0.2) is 0 Å². The summed E-state index contributed by atoms with van der Waals surface area (Å²) in [6.07, 6.45) is 1.57. The first-order valence-electron chi connectivity index (χ1n) is 8.01. The monoisotopic (exact) mass is 440 g/mol. The van der Waals surface area contributed by atoms with Crippen molar-refractivity contribution in [3.8, 4) is 0 Å². The molecule has 0 aliphatic rings. The van der Waals surface area contributed by atoms with Gasteiger partial charge in [-0.05, 0) is 58.4 Å². The van der Waals surface area contributed by atoms with Crippen LogP contribution in [0.3, 0.4) is 0 Å². The van der Waals surface area contributed by atoms with E-state index in [1.165, 1.54) is 30.3 Å². The van der Waals surface area contributed by atoms with Gasteiger partial charge in [0.1, 0.15) is 5.82 Å². The van der Waals surface area contributed by atoms with Crippen LogP contribution in [-0.2, 0) is 0 Å². The van der Waals surface area contributed by atoms with Crippen molar-refractivity contribution in [2.24, 2.45) is 0 Å². The lowest BCUT2D eigenvalue weighted by molar-refractivity contribution is -0.384. The second kappa shape index (κ2) is 8.40. The lowest BCUT2D eigenvalue weighted by atomic mass is 10.1. The van der Waals surface area contributed by atoms with E-state index >= 15 is 0 Å². The Balaban J connectivity index is 1.70. The van der Waals surface area contributed by atoms with Crippen LogP contribution in [0.1, 0.15) is 20.7 Å². The van der Waals surface area contributed by atoms with E-state index in [0.29, 0.717) is 17.1 Å².